The van der Waals surface area contributed by atoms with Gasteiger partial charge in [0.1, 0.15) is 5.75 Å². The van der Waals surface area contributed by atoms with Crippen LogP contribution in [0.25, 0.3) is 0 Å². The molecule has 0 saturated heterocycles. The second-order valence-electron chi connectivity index (χ2n) is 4.75. The largest absolute Gasteiger partial charge is 0.497 e. The number of methoxy groups -OCH3 is 2. The van der Waals surface area contributed by atoms with Crippen molar-refractivity contribution in [2.45, 2.75) is 6.54 Å². The fourth-order valence-electron chi connectivity index (χ4n) is 1.98. The molecule has 0 radical (unpaired) electrons. The summed E-state index contributed by atoms with van der Waals surface area (Å²) in [7, 11) is 2.95. The van der Waals surface area contributed by atoms with Gasteiger partial charge in [0, 0.05) is 11.8 Å². The van der Waals surface area contributed by atoms with Gasteiger partial charge in [-0.05, 0) is 29.8 Å². The smallest absolute Gasteiger partial charge is 0.337 e. The minimum absolute atomic E-state index is 0.279. The lowest BCUT2D eigenvalue weighted by molar-refractivity contribution is 0.0600. The first-order chi connectivity index (χ1) is 11.1. The van der Waals surface area contributed by atoms with Crippen molar-refractivity contribution in [1.82, 2.24) is 0 Å². The lowest BCUT2D eigenvalue weighted by Gasteiger charge is -2.07. The van der Waals surface area contributed by atoms with Gasteiger partial charge in [-0.1, -0.05) is 18.2 Å². The van der Waals surface area contributed by atoms with Gasteiger partial charge in [0.25, 0.3) is 0 Å². The number of rotatable bonds is 5. The number of benzene rings is 2. The lowest BCUT2D eigenvalue weighted by atomic mass is 10.1. The minimum Gasteiger partial charge on any atom is -0.497 e. The van der Waals surface area contributed by atoms with E-state index < -0.39 is 0 Å². The number of nitrogens with zero attached hydrogens (tertiary/aromatic N) is 1. The lowest BCUT2D eigenvalue weighted by Crippen LogP contribution is -2.22. The number of nitrogens with two attached hydrogens (primary N) is 1. The van der Waals surface area contributed by atoms with Gasteiger partial charge in [0.15, 0.2) is 5.96 Å². The zero-order chi connectivity index (χ0) is 16.7. The highest BCUT2D eigenvalue weighted by molar-refractivity contribution is 5.92. The molecule has 0 spiro atoms. The molecule has 0 atom stereocenters. The zero-order valence-corrected chi connectivity index (χ0v) is 13.1. The number of ether oxygens (including phenoxy) is 2. The highest BCUT2D eigenvalue weighted by Gasteiger charge is 2.05. The van der Waals surface area contributed by atoms with Crippen LogP contribution in [0.4, 0.5) is 5.69 Å². The summed E-state index contributed by atoms with van der Waals surface area (Å²) in [6.07, 6.45) is 0. The quantitative estimate of drug-likeness (QED) is 0.503. The van der Waals surface area contributed by atoms with E-state index in [9.17, 15) is 4.79 Å². The monoisotopic (exact) mass is 313 g/mol. The van der Waals surface area contributed by atoms with E-state index in [1.165, 1.54) is 7.11 Å². The van der Waals surface area contributed by atoms with E-state index in [2.05, 4.69) is 10.3 Å². The van der Waals surface area contributed by atoms with Gasteiger partial charge < -0.3 is 20.5 Å². The Morgan fingerprint density at radius 2 is 1.96 bits per heavy atom. The number of carbonyl (C=O) groups excluding carboxylic acids is 1. The van der Waals surface area contributed by atoms with E-state index in [1.54, 1.807) is 25.3 Å². The van der Waals surface area contributed by atoms with Crippen LogP contribution in [0.1, 0.15) is 15.9 Å². The van der Waals surface area contributed by atoms with Crippen molar-refractivity contribution in [2.75, 3.05) is 19.5 Å². The Morgan fingerprint density at radius 1 is 1.17 bits per heavy atom. The molecule has 0 aliphatic rings. The first-order valence-corrected chi connectivity index (χ1v) is 7.00. The minimum atomic E-state index is -0.377. The molecule has 0 saturated carbocycles. The van der Waals surface area contributed by atoms with Crippen molar-refractivity contribution in [1.29, 1.82) is 0 Å². The van der Waals surface area contributed by atoms with E-state index in [0.717, 1.165) is 17.0 Å². The van der Waals surface area contributed by atoms with Crippen molar-refractivity contribution >= 4 is 17.6 Å². The summed E-state index contributed by atoms with van der Waals surface area (Å²) in [6.45, 7) is 0.355. The van der Waals surface area contributed by atoms with Crippen LogP contribution in [0.15, 0.2) is 53.5 Å². The van der Waals surface area contributed by atoms with E-state index in [1.807, 2.05) is 30.3 Å². The van der Waals surface area contributed by atoms with E-state index in [4.69, 9.17) is 15.2 Å². The average molecular weight is 313 g/mol. The van der Waals surface area contributed by atoms with Crippen LogP contribution in [0, 0.1) is 0 Å². The van der Waals surface area contributed by atoms with Gasteiger partial charge in [-0.25, -0.2) is 9.79 Å². The molecule has 0 aromatic heterocycles. The number of aliphatic imine (C=N–C) groups is 1. The molecule has 6 nitrogen and oxygen atoms in total. The molecular formula is C17H19N3O3. The molecule has 2 rings (SSSR count). The molecule has 120 valence electrons. The van der Waals surface area contributed by atoms with Crippen LogP contribution in [-0.2, 0) is 11.3 Å². The standard InChI is InChI=1S/C17H19N3O3/c1-22-15-8-4-7-14(10-15)20-17(18)19-11-12-5-3-6-13(9-12)16(21)23-2/h3-10H,11H2,1-2H3,(H3,18,19,20). The fraction of sp³-hybridized carbons (Fsp3) is 0.176. The third-order valence-corrected chi connectivity index (χ3v) is 3.12. The van der Waals surface area contributed by atoms with E-state index in [0.29, 0.717) is 12.1 Å². The fourth-order valence-corrected chi connectivity index (χ4v) is 1.98. The van der Waals surface area contributed by atoms with Crippen molar-refractivity contribution in [3.05, 3.63) is 59.7 Å². The number of hydrogen-bond donors (Lipinski definition) is 2. The van der Waals surface area contributed by atoms with Crippen LogP contribution in [0.2, 0.25) is 0 Å². The summed E-state index contributed by atoms with van der Waals surface area (Å²) >= 11 is 0. The van der Waals surface area contributed by atoms with Gasteiger partial charge >= 0.3 is 5.97 Å². The number of hydrogen-bond acceptors (Lipinski definition) is 4. The van der Waals surface area contributed by atoms with Gasteiger partial charge in [0.05, 0.1) is 26.3 Å². The van der Waals surface area contributed by atoms with Crippen molar-refractivity contribution in [3.63, 3.8) is 0 Å². The number of carbonyl (C=O) groups is 1. The van der Waals surface area contributed by atoms with Crippen LogP contribution in [-0.4, -0.2) is 26.1 Å². The summed E-state index contributed by atoms with van der Waals surface area (Å²) in [5, 5.41) is 2.99. The normalized spacial score (nSPS) is 11.0. The third-order valence-electron chi connectivity index (χ3n) is 3.12. The zero-order valence-electron chi connectivity index (χ0n) is 13.1. The predicted octanol–water partition coefficient (Wildman–Crippen LogP) is 2.41. The van der Waals surface area contributed by atoms with E-state index in [-0.39, 0.29) is 11.9 Å². The molecule has 2 aromatic carbocycles. The van der Waals surface area contributed by atoms with Crippen molar-refractivity contribution in [2.24, 2.45) is 10.7 Å². The second-order valence-corrected chi connectivity index (χ2v) is 4.75. The summed E-state index contributed by atoms with van der Waals surface area (Å²) in [4.78, 5) is 15.8. The summed E-state index contributed by atoms with van der Waals surface area (Å²) < 4.78 is 9.84. The molecule has 0 amide bonds. The highest BCUT2D eigenvalue weighted by atomic mass is 16.5. The Bertz CT molecular complexity index is 714. The topological polar surface area (TPSA) is 85.9 Å². The van der Waals surface area contributed by atoms with E-state index >= 15 is 0 Å². The van der Waals surface area contributed by atoms with Crippen LogP contribution in [0.3, 0.4) is 0 Å². The highest BCUT2D eigenvalue weighted by Crippen LogP contribution is 2.16. The molecule has 2 aromatic rings. The third kappa shape index (κ3) is 4.74. The molecular weight excluding hydrogens is 294 g/mol. The van der Waals surface area contributed by atoms with Crippen LogP contribution >= 0.6 is 0 Å². The molecule has 0 heterocycles. The molecule has 23 heavy (non-hydrogen) atoms. The Hall–Kier alpha value is -3.02. The molecule has 0 fully saturated rings. The molecule has 6 heteroatoms. The Morgan fingerprint density at radius 3 is 2.70 bits per heavy atom. The number of guanidine groups is 1. The van der Waals surface area contributed by atoms with Gasteiger partial charge in [-0.15, -0.1) is 0 Å². The molecule has 0 bridgehead atoms. The van der Waals surface area contributed by atoms with Gasteiger partial charge in [-0.2, -0.15) is 0 Å². The summed E-state index contributed by atoms with van der Waals surface area (Å²) in [5.74, 6) is 0.633. The molecule has 0 aliphatic carbocycles. The number of nitrogens with one attached hydrogen (secondary N) is 1. The predicted molar refractivity (Wildman–Crippen MR) is 89.7 cm³/mol. The summed E-state index contributed by atoms with van der Waals surface area (Å²) in [6, 6.07) is 14.5. The summed E-state index contributed by atoms with van der Waals surface area (Å²) in [5.41, 5.74) is 8.01. The molecule has 0 unspecified atom stereocenters. The van der Waals surface area contributed by atoms with Crippen molar-refractivity contribution in [3.8, 4) is 5.75 Å². The number of anilines is 1. The van der Waals surface area contributed by atoms with Gasteiger partial charge in [0.2, 0.25) is 0 Å². The maximum Gasteiger partial charge on any atom is 0.337 e. The first-order valence-electron chi connectivity index (χ1n) is 7.00. The average Bonchev–Trinajstić information content (AvgIpc) is 2.59. The Labute approximate surface area is 134 Å². The maximum atomic E-state index is 11.5. The molecule has 3 N–H and O–H groups in total. The van der Waals surface area contributed by atoms with Gasteiger partial charge in [-0.3, -0.25) is 0 Å². The van der Waals surface area contributed by atoms with Crippen LogP contribution < -0.4 is 15.8 Å². The van der Waals surface area contributed by atoms with Crippen molar-refractivity contribution < 1.29 is 14.3 Å². The Kier molecular flexibility index (Phi) is 5.57. The SMILES string of the molecule is COC(=O)c1cccc(CN=C(N)Nc2cccc(OC)c2)c1. The Balaban J connectivity index is 2.03. The second kappa shape index (κ2) is 7.84. The van der Waals surface area contributed by atoms with Crippen LogP contribution in [0.5, 0.6) is 5.75 Å². The number of esters is 1. The molecule has 0 aliphatic heterocycles. The maximum absolute atomic E-state index is 11.5. The first kappa shape index (κ1) is 16.4.